The summed E-state index contributed by atoms with van der Waals surface area (Å²) >= 11 is 0. The van der Waals surface area contributed by atoms with Crippen molar-refractivity contribution in [3.63, 3.8) is 0 Å². The van der Waals surface area contributed by atoms with Crippen molar-refractivity contribution in [3.8, 4) is 0 Å². The van der Waals surface area contributed by atoms with Gasteiger partial charge in [0.15, 0.2) is 0 Å². The van der Waals surface area contributed by atoms with Gasteiger partial charge < -0.3 is 16.2 Å². The molecule has 2 fully saturated rings. The van der Waals surface area contributed by atoms with Crippen molar-refractivity contribution in [2.45, 2.75) is 57.1 Å². The van der Waals surface area contributed by atoms with Gasteiger partial charge in [-0.3, -0.25) is 4.79 Å². The average molecular weight is 240 g/mol. The van der Waals surface area contributed by atoms with Crippen molar-refractivity contribution in [2.75, 3.05) is 6.54 Å². The van der Waals surface area contributed by atoms with E-state index in [0.717, 1.165) is 38.5 Å². The first-order valence-corrected chi connectivity index (χ1v) is 6.75. The van der Waals surface area contributed by atoms with Gasteiger partial charge in [0.2, 0.25) is 5.91 Å². The topological polar surface area (TPSA) is 75.4 Å². The first-order chi connectivity index (χ1) is 8.00. The number of carbonyl (C=O) groups is 1. The second kappa shape index (κ2) is 4.94. The van der Waals surface area contributed by atoms with E-state index in [4.69, 9.17) is 5.73 Å². The maximum Gasteiger partial charge on any atom is 0.240 e. The molecule has 0 radical (unpaired) electrons. The third kappa shape index (κ3) is 3.19. The van der Waals surface area contributed by atoms with Gasteiger partial charge >= 0.3 is 0 Å². The molecule has 4 nitrogen and oxygen atoms in total. The summed E-state index contributed by atoms with van der Waals surface area (Å²) < 4.78 is 0. The van der Waals surface area contributed by atoms with E-state index in [-0.39, 0.29) is 12.0 Å². The van der Waals surface area contributed by atoms with Crippen LogP contribution in [0.15, 0.2) is 0 Å². The second-order valence-corrected chi connectivity index (χ2v) is 5.95. The van der Waals surface area contributed by atoms with Crippen LogP contribution in [0.4, 0.5) is 0 Å². The lowest BCUT2D eigenvalue weighted by atomic mass is 9.87. The minimum absolute atomic E-state index is 0.0277. The molecular weight excluding hydrogens is 216 g/mol. The van der Waals surface area contributed by atoms with Crippen molar-refractivity contribution >= 4 is 5.91 Å². The van der Waals surface area contributed by atoms with Crippen LogP contribution in [0.1, 0.15) is 45.4 Å². The highest BCUT2D eigenvalue weighted by Crippen LogP contribution is 2.38. The number of nitrogens with one attached hydrogen (secondary N) is 1. The fourth-order valence-electron chi connectivity index (χ4n) is 2.74. The van der Waals surface area contributed by atoms with Crippen molar-refractivity contribution in [1.82, 2.24) is 5.32 Å². The number of aliphatic hydroxyl groups is 1. The van der Waals surface area contributed by atoms with E-state index in [2.05, 4.69) is 5.32 Å². The molecule has 2 aliphatic rings. The highest BCUT2D eigenvalue weighted by molar-refractivity contribution is 5.86. The zero-order valence-electron chi connectivity index (χ0n) is 10.6. The molecule has 0 saturated heterocycles. The Morgan fingerprint density at radius 2 is 2.12 bits per heavy atom. The number of nitrogens with two attached hydrogens (primary N) is 1. The molecule has 1 amide bonds. The smallest absolute Gasteiger partial charge is 0.240 e. The Labute approximate surface area is 103 Å². The zero-order chi connectivity index (χ0) is 12.5. The van der Waals surface area contributed by atoms with Gasteiger partial charge in [-0.25, -0.2) is 0 Å². The van der Waals surface area contributed by atoms with E-state index in [0.29, 0.717) is 18.4 Å². The SMILES string of the molecule is CC(N)(C(=O)NCC1CCCC(O)C1)C1CC1. The van der Waals surface area contributed by atoms with Crippen molar-refractivity contribution < 1.29 is 9.90 Å². The molecule has 0 aliphatic heterocycles. The molecular formula is C13H24N2O2. The van der Waals surface area contributed by atoms with Crippen LogP contribution in [0.2, 0.25) is 0 Å². The Bertz CT molecular complexity index is 287. The van der Waals surface area contributed by atoms with E-state index in [1.54, 1.807) is 0 Å². The highest BCUT2D eigenvalue weighted by atomic mass is 16.3. The summed E-state index contributed by atoms with van der Waals surface area (Å²) in [5.74, 6) is 0.747. The minimum atomic E-state index is -0.701. The predicted molar refractivity (Wildman–Crippen MR) is 66.3 cm³/mol. The Hall–Kier alpha value is -0.610. The highest BCUT2D eigenvalue weighted by Gasteiger charge is 2.44. The van der Waals surface area contributed by atoms with E-state index in [1.807, 2.05) is 6.92 Å². The molecule has 0 heterocycles. The van der Waals surface area contributed by atoms with Gasteiger partial charge in [-0.15, -0.1) is 0 Å². The van der Waals surface area contributed by atoms with Crippen molar-refractivity contribution in [3.05, 3.63) is 0 Å². The van der Waals surface area contributed by atoms with E-state index < -0.39 is 5.54 Å². The van der Waals surface area contributed by atoms with Gasteiger partial charge in [0, 0.05) is 6.54 Å². The molecule has 0 spiro atoms. The molecule has 0 aromatic heterocycles. The number of carbonyl (C=O) groups excluding carboxylic acids is 1. The van der Waals surface area contributed by atoms with Gasteiger partial charge in [-0.05, 0) is 50.9 Å². The normalized spacial score (nSPS) is 32.9. The molecule has 3 unspecified atom stereocenters. The van der Waals surface area contributed by atoms with Crippen LogP contribution in [0.25, 0.3) is 0 Å². The van der Waals surface area contributed by atoms with Crippen LogP contribution in [-0.4, -0.2) is 29.2 Å². The Kier molecular flexibility index (Phi) is 3.73. The second-order valence-electron chi connectivity index (χ2n) is 5.95. The first-order valence-electron chi connectivity index (χ1n) is 6.75. The van der Waals surface area contributed by atoms with E-state index in [9.17, 15) is 9.90 Å². The first kappa shape index (κ1) is 12.8. The summed E-state index contributed by atoms with van der Waals surface area (Å²) in [6, 6.07) is 0. The van der Waals surface area contributed by atoms with Crippen LogP contribution >= 0.6 is 0 Å². The fraction of sp³-hybridized carbons (Fsp3) is 0.923. The maximum absolute atomic E-state index is 12.0. The third-order valence-electron chi connectivity index (χ3n) is 4.22. The van der Waals surface area contributed by atoms with Crippen molar-refractivity contribution in [1.29, 1.82) is 0 Å². The zero-order valence-corrected chi connectivity index (χ0v) is 10.6. The van der Waals surface area contributed by atoms with E-state index >= 15 is 0 Å². The molecule has 0 bridgehead atoms. The van der Waals surface area contributed by atoms with Crippen LogP contribution in [-0.2, 0) is 4.79 Å². The molecule has 0 aromatic rings. The number of aliphatic hydroxyl groups excluding tert-OH is 1. The minimum Gasteiger partial charge on any atom is -0.393 e. The van der Waals surface area contributed by atoms with Crippen LogP contribution in [0.5, 0.6) is 0 Å². The molecule has 17 heavy (non-hydrogen) atoms. The lowest BCUT2D eigenvalue weighted by molar-refractivity contribution is -0.126. The molecule has 98 valence electrons. The Balaban J connectivity index is 1.75. The summed E-state index contributed by atoms with van der Waals surface area (Å²) in [6.45, 7) is 2.49. The van der Waals surface area contributed by atoms with E-state index in [1.165, 1.54) is 0 Å². The number of hydrogen-bond acceptors (Lipinski definition) is 3. The van der Waals surface area contributed by atoms with Crippen LogP contribution in [0, 0.1) is 11.8 Å². The molecule has 2 saturated carbocycles. The molecule has 3 atom stereocenters. The molecule has 0 aromatic carbocycles. The van der Waals surface area contributed by atoms with Gasteiger partial charge in [0.25, 0.3) is 0 Å². The lowest BCUT2D eigenvalue weighted by Crippen LogP contribution is -2.54. The average Bonchev–Trinajstić information content (AvgIpc) is 3.09. The monoisotopic (exact) mass is 240 g/mol. The third-order valence-corrected chi connectivity index (χ3v) is 4.22. The van der Waals surface area contributed by atoms with Crippen LogP contribution < -0.4 is 11.1 Å². The number of rotatable bonds is 4. The van der Waals surface area contributed by atoms with Gasteiger partial charge in [0.1, 0.15) is 0 Å². The lowest BCUT2D eigenvalue weighted by Gasteiger charge is -2.28. The Morgan fingerprint density at radius 1 is 1.41 bits per heavy atom. The summed E-state index contributed by atoms with van der Waals surface area (Å²) in [4.78, 5) is 12.0. The largest absolute Gasteiger partial charge is 0.393 e. The van der Waals surface area contributed by atoms with Gasteiger partial charge in [-0.1, -0.05) is 6.42 Å². The van der Waals surface area contributed by atoms with Gasteiger partial charge in [-0.2, -0.15) is 0 Å². The summed E-state index contributed by atoms with van der Waals surface area (Å²) in [5.41, 5.74) is 5.35. The van der Waals surface area contributed by atoms with Gasteiger partial charge in [0.05, 0.1) is 11.6 Å². The number of amides is 1. The predicted octanol–water partition coefficient (Wildman–Crippen LogP) is 0.781. The fourth-order valence-corrected chi connectivity index (χ4v) is 2.74. The van der Waals surface area contributed by atoms with Crippen molar-refractivity contribution in [2.24, 2.45) is 17.6 Å². The number of hydrogen-bond donors (Lipinski definition) is 3. The molecule has 4 heteroatoms. The Morgan fingerprint density at radius 3 is 2.71 bits per heavy atom. The molecule has 2 aliphatic carbocycles. The molecule has 2 rings (SSSR count). The molecule has 4 N–H and O–H groups in total. The maximum atomic E-state index is 12.0. The summed E-state index contributed by atoms with van der Waals surface area (Å²) in [6.07, 6.45) is 5.84. The standard InChI is InChI=1S/C13H24N2O2/c1-13(14,10-5-6-10)12(17)15-8-9-3-2-4-11(16)7-9/h9-11,16H,2-8,14H2,1H3,(H,15,17). The quantitative estimate of drug-likeness (QED) is 0.680. The summed E-state index contributed by atoms with van der Waals surface area (Å²) in [5, 5.41) is 12.5. The van der Waals surface area contributed by atoms with Crippen LogP contribution in [0.3, 0.4) is 0 Å². The summed E-state index contributed by atoms with van der Waals surface area (Å²) in [7, 11) is 0.